The third-order valence-electron chi connectivity index (χ3n) is 4.25. The van der Waals surface area contributed by atoms with Gasteiger partial charge in [-0.1, -0.05) is 49.7 Å². The van der Waals surface area contributed by atoms with Gasteiger partial charge >= 0.3 is 5.97 Å². The molecule has 2 aromatic rings. The van der Waals surface area contributed by atoms with Crippen LogP contribution in [-0.4, -0.2) is 23.3 Å². The predicted octanol–water partition coefficient (Wildman–Crippen LogP) is 4.91. The molecule has 132 valence electrons. The summed E-state index contributed by atoms with van der Waals surface area (Å²) >= 11 is 6.03. The van der Waals surface area contributed by atoms with Gasteiger partial charge in [-0.15, -0.1) is 0 Å². The van der Waals surface area contributed by atoms with Gasteiger partial charge in [0.1, 0.15) is 5.15 Å². The van der Waals surface area contributed by atoms with E-state index in [9.17, 15) is 9.59 Å². The summed E-state index contributed by atoms with van der Waals surface area (Å²) in [5.74, 6) is -0.446. The number of benzene rings is 1. The van der Waals surface area contributed by atoms with Crippen LogP contribution in [0, 0.1) is 13.8 Å². The predicted molar refractivity (Wildman–Crippen MR) is 98.5 cm³/mol. The van der Waals surface area contributed by atoms with Crippen LogP contribution in [-0.2, 0) is 4.74 Å². The highest BCUT2D eigenvalue weighted by molar-refractivity contribution is 6.32. The lowest BCUT2D eigenvalue weighted by Gasteiger charge is -2.10. The van der Waals surface area contributed by atoms with Crippen molar-refractivity contribution in [3.8, 4) is 0 Å². The molecule has 1 aromatic heterocycles. The van der Waals surface area contributed by atoms with E-state index >= 15 is 0 Å². The molecule has 25 heavy (non-hydrogen) atoms. The monoisotopic (exact) mass is 359 g/mol. The zero-order chi connectivity index (χ0) is 18.6. The van der Waals surface area contributed by atoms with E-state index in [0.29, 0.717) is 17.0 Å². The van der Waals surface area contributed by atoms with Crippen molar-refractivity contribution in [2.75, 3.05) is 6.61 Å². The van der Waals surface area contributed by atoms with Crippen LogP contribution in [0.1, 0.15) is 63.7 Å². The Kier molecular flexibility index (Phi) is 6.32. The van der Waals surface area contributed by atoms with E-state index in [0.717, 1.165) is 12.1 Å². The number of Topliss-reactive ketones (excluding diaryl/α,β-unsaturated/α-hetero) is 1. The summed E-state index contributed by atoms with van der Waals surface area (Å²) in [6, 6.07) is 9.16. The lowest BCUT2D eigenvalue weighted by Crippen LogP contribution is -2.16. The van der Waals surface area contributed by atoms with E-state index in [4.69, 9.17) is 16.3 Å². The molecule has 0 radical (unpaired) electrons. The van der Waals surface area contributed by atoms with Gasteiger partial charge in [0.15, 0.2) is 12.4 Å². The van der Waals surface area contributed by atoms with Crippen molar-refractivity contribution in [2.24, 2.45) is 0 Å². The molecule has 0 saturated heterocycles. The Morgan fingerprint density at radius 2 is 1.84 bits per heavy atom. The summed E-state index contributed by atoms with van der Waals surface area (Å²) in [6.07, 6.45) is 1.04. The minimum Gasteiger partial charge on any atom is -0.454 e. The van der Waals surface area contributed by atoms with Crippen molar-refractivity contribution in [3.05, 3.63) is 63.4 Å². The van der Waals surface area contributed by atoms with Crippen molar-refractivity contribution < 1.29 is 14.3 Å². The zero-order valence-corrected chi connectivity index (χ0v) is 15.7. The second kappa shape index (κ2) is 8.26. The van der Waals surface area contributed by atoms with Crippen LogP contribution in [0.15, 0.2) is 30.3 Å². The lowest BCUT2D eigenvalue weighted by molar-refractivity contribution is 0.0473. The van der Waals surface area contributed by atoms with Gasteiger partial charge in [-0.3, -0.25) is 4.79 Å². The van der Waals surface area contributed by atoms with E-state index in [1.54, 1.807) is 32.0 Å². The highest BCUT2D eigenvalue weighted by atomic mass is 35.5. The Labute approximate surface area is 153 Å². The number of aromatic nitrogens is 1. The SMILES string of the molecule is CC[C@@H](C)c1ccc(C(=O)COC(=O)c2c(C)cc(C)nc2Cl)cc1. The second-order valence-corrected chi connectivity index (χ2v) is 6.53. The fraction of sp³-hybridized carbons (Fsp3) is 0.350. The van der Waals surface area contributed by atoms with Crippen molar-refractivity contribution >= 4 is 23.4 Å². The minimum atomic E-state index is -0.639. The molecule has 0 N–H and O–H groups in total. The number of ketones is 1. The smallest absolute Gasteiger partial charge is 0.342 e. The van der Waals surface area contributed by atoms with E-state index in [1.165, 1.54) is 5.56 Å². The number of hydrogen-bond acceptors (Lipinski definition) is 4. The van der Waals surface area contributed by atoms with E-state index in [-0.39, 0.29) is 23.1 Å². The number of aryl methyl sites for hydroxylation is 2. The van der Waals surface area contributed by atoms with Crippen LogP contribution in [0.4, 0.5) is 0 Å². The van der Waals surface area contributed by atoms with Gasteiger partial charge in [0, 0.05) is 11.3 Å². The summed E-state index contributed by atoms with van der Waals surface area (Å²) in [5.41, 5.74) is 3.30. The van der Waals surface area contributed by atoms with Crippen LogP contribution in [0.25, 0.3) is 0 Å². The lowest BCUT2D eigenvalue weighted by atomic mass is 9.97. The van der Waals surface area contributed by atoms with E-state index in [2.05, 4.69) is 18.8 Å². The van der Waals surface area contributed by atoms with Gasteiger partial charge in [-0.2, -0.15) is 0 Å². The highest BCUT2D eigenvalue weighted by Gasteiger charge is 2.18. The molecule has 5 heteroatoms. The molecule has 0 unspecified atom stereocenters. The van der Waals surface area contributed by atoms with Crippen molar-refractivity contribution in [1.82, 2.24) is 4.98 Å². The first-order chi connectivity index (χ1) is 11.8. The third kappa shape index (κ3) is 4.67. The van der Waals surface area contributed by atoms with Gasteiger partial charge in [-0.05, 0) is 43.4 Å². The molecule has 1 aromatic carbocycles. The van der Waals surface area contributed by atoms with Crippen LogP contribution < -0.4 is 0 Å². The van der Waals surface area contributed by atoms with Gasteiger partial charge in [-0.25, -0.2) is 9.78 Å². The van der Waals surface area contributed by atoms with Crippen LogP contribution in [0.2, 0.25) is 5.15 Å². The molecule has 4 nitrogen and oxygen atoms in total. The number of rotatable bonds is 6. The first-order valence-corrected chi connectivity index (χ1v) is 8.65. The Morgan fingerprint density at radius 1 is 1.20 bits per heavy atom. The maximum Gasteiger partial charge on any atom is 0.342 e. The summed E-state index contributed by atoms with van der Waals surface area (Å²) in [4.78, 5) is 28.5. The molecule has 0 spiro atoms. The Hall–Kier alpha value is -2.20. The normalized spacial score (nSPS) is 11.9. The number of nitrogens with zero attached hydrogens (tertiary/aromatic N) is 1. The Balaban J connectivity index is 2.03. The van der Waals surface area contributed by atoms with Crippen LogP contribution in [0.3, 0.4) is 0 Å². The molecule has 0 aliphatic carbocycles. The highest BCUT2D eigenvalue weighted by Crippen LogP contribution is 2.21. The molecular formula is C20H22ClNO3. The Morgan fingerprint density at radius 3 is 2.40 bits per heavy atom. The number of esters is 1. The van der Waals surface area contributed by atoms with Crippen molar-refractivity contribution in [1.29, 1.82) is 0 Å². The summed E-state index contributed by atoms with van der Waals surface area (Å²) in [5, 5.41) is 0.0906. The van der Waals surface area contributed by atoms with Gasteiger partial charge in [0.2, 0.25) is 0 Å². The number of hydrogen-bond donors (Lipinski definition) is 0. The standard InChI is InChI=1S/C20H22ClNO3/c1-5-12(2)15-6-8-16(9-7-15)17(23)11-25-20(24)18-13(3)10-14(4)22-19(18)21/h6-10,12H,5,11H2,1-4H3/t12-/m1/s1. The molecule has 0 bridgehead atoms. The number of carbonyl (C=O) groups is 2. The second-order valence-electron chi connectivity index (χ2n) is 6.18. The van der Waals surface area contributed by atoms with Crippen molar-refractivity contribution in [2.45, 2.75) is 40.0 Å². The molecule has 0 saturated carbocycles. The summed E-state index contributed by atoms with van der Waals surface area (Å²) in [6.45, 7) is 7.48. The first kappa shape index (κ1) is 19.1. The summed E-state index contributed by atoms with van der Waals surface area (Å²) in [7, 11) is 0. The molecule has 2 rings (SSSR count). The quantitative estimate of drug-likeness (QED) is 0.418. The average Bonchev–Trinajstić information content (AvgIpc) is 2.58. The topological polar surface area (TPSA) is 56.3 Å². The molecule has 0 aliphatic heterocycles. The molecular weight excluding hydrogens is 338 g/mol. The zero-order valence-electron chi connectivity index (χ0n) is 14.9. The number of ether oxygens (including phenoxy) is 1. The number of halogens is 1. The fourth-order valence-electron chi connectivity index (χ4n) is 2.56. The minimum absolute atomic E-state index is 0.0906. The van der Waals surface area contributed by atoms with E-state index in [1.807, 2.05) is 12.1 Å². The van der Waals surface area contributed by atoms with Crippen LogP contribution >= 0.6 is 11.6 Å². The summed E-state index contributed by atoms with van der Waals surface area (Å²) < 4.78 is 5.13. The van der Waals surface area contributed by atoms with Gasteiger partial charge < -0.3 is 4.74 Å². The van der Waals surface area contributed by atoms with Gasteiger partial charge in [0.05, 0.1) is 5.56 Å². The van der Waals surface area contributed by atoms with Crippen LogP contribution in [0.5, 0.6) is 0 Å². The average molecular weight is 360 g/mol. The first-order valence-electron chi connectivity index (χ1n) is 8.27. The van der Waals surface area contributed by atoms with Gasteiger partial charge in [0.25, 0.3) is 0 Å². The Bertz CT molecular complexity index is 761. The maximum atomic E-state index is 12.2. The van der Waals surface area contributed by atoms with E-state index < -0.39 is 5.97 Å². The molecule has 1 atom stereocenters. The third-order valence-corrected chi connectivity index (χ3v) is 4.53. The number of carbonyl (C=O) groups excluding carboxylic acids is 2. The van der Waals surface area contributed by atoms with Crippen molar-refractivity contribution in [3.63, 3.8) is 0 Å². The molecule has 0 amide bonds. The largest absolute Gasteiger partial charge is 0.454 e. The number of pyridine rings is 1. The molecule has 1 heterocycles. The maximum absolute atomic E-state index is 12.2. The molecule has 0 fully saturated rings. The fourth-order valence-corrected chi connectivity index (χ4v) is 2.92. The molecule has 0 aliphatic rings.